The fraction of sp³-hybridized carbons (Fsp3) is 0.227. The molecule has 146 valence electrons. The van der Waals surface area contributed by atoms with Crippen LogP contribution in [0.15, 0.2) is 74.4 Å². The summed E-state index contributed by atoms with van der Waals surface area (Å²) in [7, 11) is 0. The van der Waals surface area contributed by atoms with Crippen LogP contribution in [-0.2, 0) is 14.3 Å². The molecular weight excluding hydrogens is 342 g/mol. The lowest BCUT2D eigenvalue weighted by Gasteiger charge is -1.97. The largest absolute Gasteiger partial charge is 0.478 e. The number of hydrogen-bond acceptors (Lipinski definition) is 4. The van der Waals surface area contributed by atoms with Crippen LogP contribution in [-0.4, -0.2) is 23.7 Å². The first-order chi connectivity index (χ1) is 12.8. The lowest BCUT2D eigenvalue weighted by Crippen LogP contribution is -2.00. The SMILES string of the molecule is C=C(C)C(=O)O.C=CC#N.C=CC(=O)OCCCC.C=Cc1ccccc1. The number of hydrogen-bond donors (Lipinski definition) is 1. The van der Waals surface area contributed by atoms with E-state index in [0.717, 1.165) is 12.8 Å². The monoisotopic (exact) mass is 371 g/mol. The number of carbonyl (C=O) groups is 2. The Kier molecular flexibility index (Phi) is 23.8. The number of ether oxygens (including phenoxy) is 1. The zero-order valence-corrected chi connectivity index (χ0v) is 16.2. The molecule has 1 N–H and O–H groups in total. The van der Waals surface area contributed by atoms with Crippen LogP contribution >= 0.6 is 0 Å². The van der Waals surface area contributed by atoms with Crippen LogP contribution in [0.5, 0.6) is 0 Å². The van der Waals surface area contributed by atoms with Crippen molar-refractivity contribution in [1.29, 1.82) is 5.26 Å². The molecule has 5 heteroatoms. The molecule has 1 rings (SSSR count). The van der Waals surface area contributed by atoms with Crippen molar-refractivity contribution in [2.24, 2.45) is 0 Å². The highest BCUT2D eigenvalue weighted by atomic mass is 16.5. The Labute approximate surface area is 162 Å². The Morgan fingerprint density at radius 1 is 1.22 bits per heavy atom. The molecule has 0 saturated heterocycles. The molecule has 0 heterocycles. The molecule has 0 aliphatic carbocycles. The maximum Gasteiger partial charge on any atom is 0.330 e. The number of aliphatic carboxylic acids is 1. The zero-order chi connectivity index (χ0) is 21.5. The van der Waals surface area contributed by atoms with E-state index in [9.17, 15) is 9.59 Å². The second-order valence-electron chi connectivity index (χ2n) is 4.76. The summed E-state index contributed by atoms with van der Waals surface area (Å²) in [5, 5.41) is 15.4. The number of carboxylic acids is 1. The molecule has 0 atom stereocenters. The van der Waals surface area contributed by atoms with E-state index < -0.39 is 5.97 Å². The van der Waals surface area contributed by atoms with Crippen LogP contribution in [0.25, 0.3) is 6.08 Å². The van der Waals surface area contributed by atoms with Gasteiger partial charge >= 0.3 is 11.9 Å². The Bertz CT molecular complexity index is 601. The number of carboxylic acid groups (broad SMARTS) is 1. The summed E-state index contributed by atoms with van der Waals surface area (Å²) in [5.74, 6) is -1.27. The summed E-state index contributed by atoms with van der Waals surface area (Å²) >= 11 is 0. The summed E-state index contributed by atoms with van der Waals surface area (Å²) in [6, 6.07) is 11.7. The van der Waals surface area contributed by atoms with Gasteiger partial charge in [0.1, 0.15) is 0 Å². The molecule has 0 amide bonds. The van der Waals surface area contributed by atoms with Crippen LogP contribution < -0.4 is 0 Å². The number of nitriles is 1. The van der Waals surface area contributed by atoms with Gasteiger partial charge in [-0.3, -0.25) is 0 Å². The van der Waals surface area contributed by atoms with Gasteiger partial charge in [-0.2, -0.15) is 5.26 Å². The molecule has 0 unspecified atom stereocenters. The van der Waals surface area contributed by atoms with E-state index in [4.69, 9.17) is 10.4 Å². The molecule has 0 saturated carbocycles. The van der Waals surface area contributed by atoms with Crippen molar-refractivity contribution in [3.05, 3.63) is 79.9 Å². The molecular formula is C22H29NO4. The van der Waals surface area contributed by atoms with E-state index >= 15 is 0 Å². The number of esters is 1. The van der Waals surface area contributed by atoms with Crippen molar-refractivity contribution in [3.8, 4) is 6.07 Å². The van der Waals surface area contributed by atoms with Gasteiger partial charge in [0, 0.05) is 17.7 Å². The van der Waals surface area contributed by atoms with Crippen LogP contribution in [0.4, 0.5) is 0 Å². The third-order valence-electron chi connectivity index (χ3n) is 2.40. The summed E-state index contributed by atoms with van der Waals surface area (Å²) in [5.41, 5.74) is 1.35. The molecule has 1 aromatic rings. The fourth-order valence-corrected chi connectivity index (χ4v) is 0.965. The Hall–Kier alpha value is -3.39. The van der Waals surface area contributed by atoms with E-state index in [1.807, 2.05) is 43.3 Å². The predicted molar refractivity (Wildman–Crippen MR) is 111 cm³/mol. The van der Waals surface area contributed by atoms with Gasteiger partial charge in [0.2, 0.25) is 0 Å². The number of benzene rings is 1. The van der Waals surface area contributed by atoms with Crippen molar-refractivity contribution >= 4 is 18.0 Å². The molecule has 0 spiro atoms. The summed E-state index contributed by atoms with van der Waals surface area (Å²) in [6.07, 6.45) is 6.17. The minimum Gasteiger partial charge on any atom is -0.478 e. The lowest BCUT2D eigenvalue weighted by atomic mass is 10.2. The average Bonchev–Trinajstić information content (AvgIpc) is 2.69. The first kappa shape index (κ1) is 28.4. The predicted octanol–water partition coefficient (Wildman–Crippen LogP) is 5.19. The van der Waals surface area contributed by atoms with Gasteiger partial charge < -0.3 is 9.84 Å². The third kappa shape index (κ3) is 27.7. The van der Waals surface area contributed by atoms with Gasteiger partial charge in [0.15, 0.2) is 0 Å². The molecule has 0 aliphatic heterocycles. The minimum atomic E-state index is -0.935. The highest BCUT2D eigenvalue weighted by Gasteiger charge is 1.91. The quantitative estimate of drug-likeness (QED) is 0.322. The highest BCUT2D eigenvalue weighted by molar-refractivity contribution is 5.84. The molecule has 27 heavy (non-hydrogen) atoms. The summed E-state index contributed by atoms with van der Waals surface area (Å²) < 4.78 is 4.67. The van der Waals surface area contributed by atoms with Crippen molar-refractivity contribution in [1.82, 2.24) is 0 Å². The zero-order valence-electron chi connectivity index (χ0n) is 16.2. The second kappa shape index (κ2) is 22.6. The van der Waals surface area contributed by atoms with Crippen molar-refractivity contribution in [2.75, 3.05) is 6.61 Å². The molecule has 0 bridgehead atoms. The number of nitrogens with zero attached hydrogens (tertiary/aromatic N) is 1. The summed E-state index contributed by atoms with van der Waals surface area (Å²) in [6.45, 7) is 17.2. The van der Waals surface area contributed by atoms with Crippen LogP contribution in [0, 0.1) is 11.3 Å². The van der Waals surface area contributed by atoms with E-state index in [1.165, 1.54) is 24.6 Å². The molecule has 0 radical (unpaired) electrons. The Morgan fingerprint density at radius 2 is 1.70 bits per heavy atom. The first-order valence-corrected chi connectivity index (χ1v) is 8.16. The van der Waals surface area contributed by atoms with E-state index in [-0.39, 0.29) is 11.5 Å². The highest BCUT2D eigenvalue weighted by Crippen LogP contribution is 1.97. The number of allylic oxidation sites excluding steroid dienone is 1. The van der Waals surface area contributed by atoms with Crippen LogP contribution in [0.2, 0.25) is 0 Å². The Morgan fingerprint density at radius 3 is 1.96 bits per heavy atom. The molecule has 0 fully saturated rings. The van der Waals surface area contributed by atoms with Crippen molar-refractivity contribution in [2.45, 2.75) is 26.7 Å². The fourth-order valence-electron chi connectivity index (χ4n) is 0.965. The minimum absolute atomic E-state index is 0.176. The third-order valence-corrected chi connectivity index (χ3v) is 2.40. The second-order valence-corrected chi connectivity index (χ2v) is 4.76. The van der Waals surface area contributed by atoms with Crippen LogP contribution in [0.3, 0.4) is 0 Å². The maximum absolute atomic E-state index is 10.3. The molecule has 5 nitrogen and oxygen atoms in total. The maximum atomic E-state index is 10.3. The van der Waals surface area contributed by atoms with Crippen molar-refractivity contribution in [3.63, 3.8) is 0 Å². The Balaban J connectivity index is -0.000000296. The van der Waals surface area contributed by atoms with Gasteiger partial charge in [-0.05, 0) is 18.9 Å². The van der Waals surface area contributed by atoms with Crippen LogP contribution in [0.1, 0.15) is 32.3 Å². The van der Waals surface area contributed by atoms with Crippen molar-refractivity contribution < 1.29 is 19.4 Å². The number of rotatable bonds is 6. The standard InChI is InChI=1S/C8H8.C7H12O2.C4H6O2.C3H3N/c1-2-8-6-4-3-5-7-8;1-3-5-6-9-7(8)4-2;1-3(2)4(5)6;1-2-3-4/h2-7H,1H2;4H,2-3,5-6H2,1H3;1H2,2H3,(H,5,6);2H,1H2. The molecule has 0 aliphatic rings. The van der Waals surface area contributed by atoms with Gasteiger partial charge in [0.25, 0.3) is 0 Å². The van der Waals surface area contributed by atoms with E-state index in [2.05, 4.69) is 31.1 Å². The smallest absolute Gasteiger partial charge is 0.330 e. The molecule has 0 aromatic heterocycles. The van der Waals surface area contributed by atoms with Gasteiger partial charge in [0.05, 0.1) is 12.7 Å². The normalized spacial score (nSPS) is 7.59. The summed E-state index contributed by atoms with van der Waals surface area (Å²) in [4.78, 5) is 19.9. The van der Waals surface area contributed by atoms with Gasteiger partial charge in [-0.1, -0.05) is 76.1 Å². The number of carbonyl (C=O) groups excluding carboxylic acids is 1. The van der Waals surface area contributed by atoms with E-state index in [0.29, 0.717) is 6.61 Å². The lowest BCUT2D eigenvalue weighted by molar-refractivity contribution is -0.138. The van der Waals surface area contributed by atoms with Gasteiger partial charge in [-0.25, -0.2) is 9.59 Å². The van der Waals surface area contributed by atoms with E-state index in [1.54, 1.807) is 6.07 Å². The first-order valence-electron chi connectivity index (χ1n) is 8.16. The van der Waals surface area contributed by atoms with Gasteiger partial charge in [-0.15, -0.1) is 0 Å². The average molecular weight is 371 g/mol. The number of unbranched alkanes of at least 4 members (excludes halogenated alkanes) is 1. The topological polar surface area (TPSA) is 87.4 Å². The molecule has 1 aromatic carbocycles.